The summed E-state index contributed by atoms with van der Waals surface area (Å²) in [5, 5.41) is 2.08. The van der Waals surface area contributed by atoms with E-state index in [0.717, 1.165) is 29.4 Å². The van der Waals surface area contributed by atoms with Crippen LogP contribution in [0.3, 0.4) is 0 Å². The normalized spacial score (nSPS) is 16.0. The minimum Gasteiger partial charge on any atom is -0.306 e. The van der Waals surface area contributed by atoms with Crippen LogP contribution in [0.4, 0.5) is 0 Å². The van der Waals surface area contributed by atoms with Crippen molar-refractivity contribution in [3.63, 3.8) is 0 Å². The van der Waals surface area contributed by atoms with Crippen molar-refractivity contribution in [3.05, 3.63) is 39.0 Å². The summed E-state index contributed by atoms with van der Waals surface area (Å²) in [6.07, 6.45) is 2.83. The number of hydrogen-bond acceptors (Lipinski definition) is 5. The molecule has 25 heavy (non-hydrogen) atoms. The van der Waals surface area contributed by atoms with Crippen molar-refractivity contribution >= 4 is 46.7 Å². The summed E-state index contributed by atoms with van der Waals surface area (Å²) in [7, 11) is -1.09. The monoisotopic (exact) mass is 399 g/mol. The van der Waals surface area contributed by atoms with Gasteiger partial charge in [-0.3, -0.25) is 4.57 Å². The number of hydrogen-bond donors (Lipinski definition) is 0. The van der Waals surface area contributed by atoms with Crippen LogP contribution in [0.5, 0.6) is 0 Å². The number of nitrogens with zero attached hydrogens (tertiary/aromatic N) is 1. The van der Waals surface area contributed by atoms with E-state index in [1.54, 1.807) is 17.2 Å². The van der Waals surface area contributed by atoms with Gasteiger partial charge < -0.3 is 13.9 Å². The molecule has 1 aliphatic heterocycles. The molecule has 1 aromatic carbocycles. The molecule has 3 rings (SSSR count). The summed E-state index contributed by atoms with van der Waals surface area (Å²) in [4.78, 5) is 3.38. The van der Waals surface area contributed by atoms with E-state index in [0.29, 0.717) is 13.2 Å². The summed E-state index contributed by atoms with van der Waals surface area (Å²) in [5.41, 5.74) is 2.46. The fourth-order valence-corrected chi connectivity index (χ4v) is 5.95. The van der Waals surface area contributed by atoms with Crippen molar-refractivity contribution in [2.24, 2.45) is 0 Å². The van der Waals surface area contributed by atoms with Crippen LogP contribution in [0.2, 0.25) is 5.02 Å². The summed E-state index contributed by atoms with van der Waals surface area (Å²) < 4.78 is 24.6. The highest BCUT2D eigenvalue weighted by atomic mass is 35.5. The maximum absolute atomic E-state index is 12.7. The van der Waals surface area contributed by atoms with Crippen LogP contribution in [-0.4, -0.2) is 31.7 Å². The summed E-state index contributed by atoms with van der Waals surface area (Å²) >= 11 is 8.15. The van der Waals surface area contributed by atoms with Crippen molar-refractivity contribution in [1.29, 1.82) is 0 Å². The lowest BCUT2D eigenvalue weighted by Crippen LogP contribution is -2.18. The molecule has 4 nitrogen and oxygen atoms in total. The minimum absolute atomic E-state index is 0.351. The number of thiophene rings is 1. The number of benzene rings is 1. The van der Waals surface area contributed by atoms with Gasteiger partial charge in [-0.05, 0) is 56.7 Å². The highest BCUT2D eigenvalue weighted by molar-refractivity contribution is 7.57. The molecule has 0 radical (unpaired) electrons. The van der Waals surface area contributed by atoms with Crippen LogP contribution in [0, 0.1) is 0 Å². The Kier molecular flexibility index (Phi) is 6.04. The minimum atomic E-state index is -3.20. The second-order valence-corrected chi connectivity index (χ2v) is 9.41. The summed E-state index contributed by atoms with van der Waals surface area (Å²) in [6.45, 7) is 6.15. The maximum atomic E-state index is 12.7. The zero-order chi connectivity index (χ0) is 18.0. The van der Waals surface area contributed by atoms with Gasteiger partial charge in [0.25, 0.3) is 0 Å². The third-order valence-corrected chi connectivity index (χ3v) is 7.50. The van der Waals surface area contributed by atoms with Crippen LogP contribution in [0.15, 0.2) is 17.9 Å². The van der Waals surface area contributed by atoms with Gasteiger partial charge in [0.2, 0.25) is 0 Å². The molecule has 1 aromatic heterocycles. The molecule has 2 aromatic rings. The third kappa shape index (κ3) is 4.02. The van der Waals surface area contributed by atoms with E-state index < -0.39 is 7.60 Å². The molecule has 0 saturated carbocycles. The van der Waals surface area contributed by atoms with Gasteiger partial charge in [-0.1, -0.05) is 11.6 Å². The Bertz CT molecular complexity index is 838. The van der Waals surface area contributed by atoms with Gasteiger partial charge in [0.15, 0.2) is 0 Å². The van der Waals surface area contributed by atoms with Gasteiger partial charge in [0.1, 0.15) is 0 Å². The fraction of sp³-hybridized carbons (Fsp3) is 0.444. The molecule has 0 N–H and O–H groups in total. The van der Waals surface area contributed by atoms with E-state index in [9.17, 15) is 4.57 Å². The average molecular weight is 400 g/mol. The SMILES string of the molecule is CCOP(=O)(/C=C/c1sc2ccc(Cl)c3c2c1CN(C)CC3)OCC. The molecule has 0 unspecified atom stereocenters. The van der Waals surface area contributed by atoms with Crippen molar-refractivity contribution in [2.45, 2.75) is 26.8 Å². The van der Waals surface area contributed by atoms with Crippen molar-refractivity contribution < 1.29 is 13.6 Å². The van der Waals surface area contributed by atoms with Crippen molar-refractivity contribution in [2.75, 3.05) is 26.8 Å². The van der Waals surface area contributed by atoms with E-state index >= 15 is 0 Å². The lowest BCUT2D eigenvalue weighted by molar-refractivity contribution is 0.229. The Morgan fingerprint density at radius 2 is 2.00 bits per heavy atom. The maximum Gasteiger partial charge on any atom is 0.354 e. The molecule has 0 aliphatic carbocycles. The standard InChI is InChI=1S/C18H23ClNO3PS/c1-4-22-24(21,23-5-2)11-9-16-14-12-20(3)10-8-13-15(19)6-7-17(25-16)18(13)14/h6-7,9,11H,4-5,8,10,12H2,1-3H3/b11-9+. The molecule has 7 heteroatoms. The quantitative estimate of drug-likeness (QED) is 0.577. The van der Waals surface area contributed by atoms with E-state index in [-0.39, 0.29) is 0 Å². The van der Waals surface area contributed by atoms with Gasteiger partial charge in [-0.15, -0.1) is 11.3 Å². The number of likely N-dealkylation sites (N-methyl/N-ethyl adjacent to an activating group) is 1. The lowest BCUT2D eigenvalue weighted by atomic mass is 10.0. The van der Waals surface area contributed by atoms with E-state index in [4.69, 9.17) is 20.6 Å². The Morgan fingerprint density at radius 3 is 2.68 bits per heavy atom. The van der Waals surface area contributed by atoms with Crippen LogP contribution in [-0.2, 0) is 26.6 Å². The van der Waals surface area contributed by atoms with Crippen LogP contribution in [0.25, 0.3) is 16.2 Å². The predicted molar refractivity (Wildman–Crippen MR) is 107 cm³/mol. The summed E-state index contributed by atoms with van der Waals surface area (Å²) in [6, 6.07) is 4.05. The molecule has 0 fully saturated rings. The first-order chi connectivity index (χ1) is 12.0. The van der Waals surface area contributed by atoms with Crippen molar-refractivity contribution in [3.8, 4) is 0 Å². The van der Waals surface area contributed by atoms with Crippen molar-refractivity contribution in [1.82, 2.24) is 4.90 Å². The van der Waals surface area contributed by atoms with E-state index in [1.165, 1.54) is 21.2 Å². The summed E-state index contributed by atoms with van der Waals surface area (Å²) in [5.74, 6) is 1.59. The van der Waals surface area contributed by atoms with Gasteiger partial charge >= 0.3 is 7.60 Å². The third-order valence-electron chi connectivity index (χ3n) is 4.23. The molecule has 1 aliphatic rings. The molecular weight excluding hydrogens is 377 g/mol. The fourth-order valence-electron chi connectivity index (χ4n) is 3.15. The first-order valence-electron chi connectivity index (χ1n) is 8.46. The van der Waals surface area contributed by atoms with Gasteiger partial charge in [-0.2, -0.15) is 0 Å². The first-order valence-corrected chi connectivity index (χ1v) is 11.3. The topological polar surface area (TPSA) is 38.8 Å². The van der Waals surface area contributed by atoms with Crippen LogP contribution in [0.1, 0.15) is 29.9 Å². The van der Waals surface area contributed by atoms with Crippen LogP contribution >= 0.6 is 30.5 Å². The largest absolute Gasteiger partial charge is 0.354 e. The van der Waals surface area contributed by atoms with Gasteiger partial charge in [0.05, 0.1) is 13.2 Å². The highest BCUT2D eigenvalue weighted by Crippen LogP contribution is 2.51. The first kappa shape index (κ1) is 19.1. The van der Waals surface area contributed by atoms with Gasteiger partial charge in [-0.25, -0.2) is 0 Å². The zero-order valence-electron chi connectivity index (χ0n) is 14.8. The van der Waals surface area contributed by atoms with Gasteiger partial charge in [0, 0.05) is 38.9 Å². The average Bonchev–Trinajstić information content (AvgIpc) is 2.80. The molecular formula is C18H23ClNO3PS. The molecule has 0 spiro atoms. The number of halogens is 1. The number of rotatable bonds is 6. The lowest BCUT2D eigenvalue weighted by Gasteiger charge is -2.14. The predicted octanol–water partition coefficient (Wildman–Crippen LogP) is 5.78. The second-order valence-electron chi connectivity index (χ2n) is 6.02. The zero-order valence-corrected chi connectivity index (χ0v) is 17.2. The van der Waals surface area contributed by atoms with E-state index in [2.05, 4.69) is 18.0 Å². The molecule has 2 heterocycles. The molecule has 136 valence electrons. The second kappa shape index (κ2) is 7.91. The molecule has 0 bridgehead atoms. The van der Waals surface area contributed by atoms with Crippen LogP contribution < -0.4 is 0 Å². The Hall–Kier alpha value is -0.680. The molecule has 0 saturated heterocycles. The Morgan fingerprint density at radius 1 is 1.28 bits per heavy atom. The Labute approximate surface area is 157 Å². The smallest absolute Gasteiger partial charge is 0.306 e. The Balaban J connectivity index is 2.08. The molecule has 0 amide bonds. The van der Waals surface area contributed by atoms with E-state index in [1.807, 2.05) is 26.0 Å². The highest BCUT2D eigenvalue weighted by Gasteiger charge is 2.23. The molecule has 0 atom stereocenters.